The Bertz CT molecular complexity index is 485. The van der Waals surface area contributed by atoms with Crippen LogP contribution in [0.4, 0.5) is 0 Å². The Balaban J connectivity index is 1.98. The van der Waals surface area contributed by atoms with E-state index in [-0.39, 0.29) is 0 Å². The average molecular weight is 376 g/mol. The molecule has 1 atom stereocenters. The van der Waals surface area contributed by atoms with Crippen LogP contribution >= 0.6 is 43.2 Å². The van der Waals surface area contributed by atoms with Crippen LogP contribution in [0.15, 0.2) is 38.7 Å². The van der Waals surface area contributed by atoms with Gasteiger partial charge in [0.05, 0.1) is 5.69 Å². The molecule has 0 amide bonds. The summed E-state index contributed by atoms with van der Waals surface area (Å²) in [5.74, 6) is 0. The summed E-state index contributed by atoms with van der Waals surface area (Å²) in [5, 5.41) is 5.56. The van der Waals surface area contributed by atoms with Gasteiger partial charge in [-0.3, -0.25) is 4.98 Å². The second kappa shape index (κ2) is 6.09. The fraction of sp³-hybridized carbons (Fsp3) is 0.250. The summed E-state index contributed by atoms with van der Waals surface area (Å²) in [7, 11) is 0. The van der Waals surface area contributed by atoms with Gasteiger partial charge < -0.3 is 5.32 Å². The molecule has 2 rings (SSSR count). The van der Waals surface area contributed by atoms with Gasteiger partial charge in [-0.2, -0.15) is 0 Å². The van der Waals surface area contributed by atoms with Crippen molar-refractivity contribution in [3.63, 3.8) is 0 Å². The van der Waals surface area contributed by atoms with Crippen LogP contribution in [0.2, 0.25) is 0 Å². The summed E-state index contributed by atoms with van der Waals surface area (Å²) in [5.41, 5.74) is 1.02. The average Bonchev–Trinajstić information content (AvgIpc) is 2.81. The van der Waals surface area contributed by atoms with Crippen molar-refractivity contribution >= 4 is 43.2 Å². The fourth-order valence-corrected chi connectivity index (χ4v) is 3.35. The number of rotatable bonds is 4. The zero-order valence-electron chi connectivity index (χ0n) is 9.28. The maximum atomic E-state index is 4.38. The molecule has 90 valence electrons. The summed E-state index contributed by atoms with van der Waals surface area (Å²) >= 11 is 8.68. The Hall–Kier alpha value is -0.230. The molecule has 1 N–H and O–H groups in total. The molecular weight excluding hydrogens is 364 g/mol. The molecule has 0 aromatic carbocycles. The molecule has 1 unspecified atom stereocenters. The molecule has 0 aliphatic heterocycles. The van der Waals surface area contributed by atoms with Gasteiger partial charge in [0.25, 0.3) is 0 Å². The maximum absolute atomic E-state index is 4.38. The van der Waals surface area contributed by atoms with Gasteiger partial charge in [0.1, 0.15) is 0 Å². The van der Waals surface area contributed by atoms with Gasteiger partial charge in [-0.25, -0.2) is 0 Å². The largest absolute Gasteiger partial charge is 0.304 e. The predicted molar refractivity (Wildman–Crippen MR) is 79.2 cm³/mol. The fourth-order valence-electron chi connectivity index (χ4n) is 1.46. The summed E-state index contributed by atoms with van der Waals surface area (Å²) in [6.45, 7) is 2.92. The molecule has 2 nitrogen and oxygen atoms in total. The van der Waals surface area contributed by atoms with Crippen molar-refractivity contribution in [3.05, 3.63) is 49.3 Å². The molecule has 5 heteroatoms. The third-order valence-electron chi connectivity index (χ3n) is 2.43. The van der Waals surface area contributed by atoms with E-state index in [1.54, 1.807) is 11.3 Å². The van der Waals surface area contributed by atoms with Gasteiger partial charge >= 0.3 is 0 Å². The summed E-state index contributed by atoms with van der Waals surface area (Å²) in [6.07, 6.45) is 1.82. The highest BCUT2D eigenvalue weighted by molar-refractivity contribution is 9.11. The lowest BCUT2D eigenvalue weighted by Crippen LogP contribution is -2.18. The van der Waals surface area contributed by atoms with Crippen molar-refractivity contribution in [1.29, 1.82) is 0 Å². The van der Waals surface area contributed by atoms with Gasteiger partial charge in [-0.15, -0.1) is 11.3 Å². The lowest BCUT2D eigenvalue weighted by molar-refractivity contribution is 0.574. The van der Waals surface area contributed by atoms with Gasteiger partial charge in [0.15, 0.2) is 0 Å². The van der Waals surface area contributed by atoms with Crippen LogP contribution in [0.1, 0.15) is 23.5 Å². The minimum Gasteiger partial charge on any atom is -0.304 e. The van der Waals surface area contributed by atoms with E-state index in [4.69, 9.17) is 0 Å². The third kappa shape index (κ3) is 3.61. The maximum Gasteiger partial charge on any atom is 0.0684 e. The Morgan fingerprint density at radius 3 is 2.94 bits per heavy atom. The molecule has 2 heterocycles. The minimum atomic E-state index is 0.354. The monoisotopic (exact) mass is 374 g/mol. The van der Waals surface area contributed by atoms with Crippen molar-refractivity contribution in [3.8, 4) is 0 Å². The van der Waals surface area contributed by atoms with Crippen LogP contribution in [0, 0.1) is 0 Å². The van der Waals surface area contributed by atoms with E-state index in [0.29, 0.717) is 6.04 Å². The van der Waals surface area contributed by atoms with Crippen LogP contribution in [-0.2, 0) is 6.54 Å². The van der Waals surface area contributed by atoms with E-state index < -0.39 is 0 Å². The zero-order chi connectivity index (χ0) is 12.3. The second-order valence-electron chi connectivity index (χ2n) is 3.70. The van der Waals surface area contributed by atoms with Crippen LogP contribution in [0.3, 0.4) is 0 Å². The lowest BCUT2D eigenvalue weighted by atomic mass is 10.2. The van der Waals surface area contributed by atoms with E-state index in [0.717, 1.165) is 21.2 Å². The van der Waals surface area contributed by atoms with Crippen LogP contribution in [0.5, 0.6) is 0 Å². The highest BCUT2D eigenvalue weighted by Crippen LogP contribution is 2.22. The Morgan fingerprint density at radius 1 is 1.47 bits per heavy atom. The molecule has 2 aromatic heterocycles. The first-order valence-corrected chi connectivity index (χ1v) is 7.70. The van der Waals surface area contributed by atoms with E-state index in [9.17, 15) is 0 Å². The number of pyridine rings is 1. The van der Waals surface area contributed by atoms with Crippen molar-refractivity contribution in [2.75, 3.05) is 0 Å². The standard InChI is InChI=1S/C12H12Br2N2S/c1-8(12-3-2-4-17-12)15-7-11-10(14)5-9(13)6-16-11/h2-6,8,15H,7H2,1H3. The summed E-state index contributed by atoms with van der Waals surface area (Å²) < 4.78 is 2.01. The second-order valence-corrected chi connectivity index (χ2v) is 6.45. The van der Waals surface area contributed by atoms with Gasteiger partial charge in [-0.05, 0) is 56.3 Å². The number of nitrogens with one attached hydrogen (secondary N) is 1. The Morgan fingerprint density at radius 2 is 2.29 bits per heavy atom. The first kappa shape index (κ1) is 13.2. The Kier molecular flexibility index (Phi) is 4.73. The van der Waals surface area contributed by atoms with E-state index >= 15 is 0 Å². The number of thiophene rings is 1. The molecule has 2 aromatic rings. The molecule has 0 spiro atoms. The number of hydrogen-bond donors (Lipinski definition) is 1. The van der Waals surface area contributed by atoms with Gasteiger partial charge in [0.2, 0.25) is 0 Å². The molecule has 0 bridgehead atoms. The van der Waals surface area contributed by atoms with E-state index in [2.05, 4.69) is 66.6 Å². The smallest absolute Gasteiger partial charge is 0.0684 e. The van der Waals surface area contributed by atoms with Crippen molar-refractivity contribution in [2.24, 2.45) is 0 Å². The van der Waals surface area contributed by atoms with Crippen molar-refractivity contribution < 1.29 is 0 Å². The zero-order valence-corrected chi connectivity index (χ0v) is 13.3. The number of nitrogens with zero attached hydrogens (tertiary/aromatic N) is 1. The van der Waals surface area contributed by atoms with E-state index in [1.807, 2.05) is 12.3 Å². The van der Waals surface area contributed by atoms with Crippen LogP contribution < -0.4 is 5.32 Å². The molecule has 17 heavy (non-hydrogen) atoms. The molecular formula is C12H12Br2N2S. The van der Waals surface area contributed by atoms with Crippen molar-refractivity contribution in [1.82, 2.24) is 10.3 Å². The number of hydrogen-bond acceptors (Lipinski definition) is 3. The lowest BCUT2D eigenvalue weighted by Gasteiger charge is -2.12. The number of aromatic nitrogens is 1. The first-order valence-electron chi connectivity index (χ1n) is 5.23. The van der Waals surface area contributed by atoms with Crippen molar-refractivity contribution in [2.45, 2.75) is 19.5 Å². The highest BCUT2D eigenvalue weighted by Gasteiger charge is 2.07. The van der Waals surface area contributed by atoms with Crippen LogP contribution in [0.25, 0.3) is 0 Å². The van der Waals surface area contributed by atoms with Crippen LogP contribution in [-0.4, -0.2) is 4.98 Å². The summed E-state index contributed by atoms with van der Waals surface area (Å²) in [6, 6.07) is 6.59. The van der Waals surface area contributed by atoms with Gasteiger partial charge in [0, 0.05) is 32.6 Å². The number of halogens is 2. The predicted octanol–water partition coefficient (Wildman–Crippen LogP) is 4.52. The minimum absolute atomic E-state index is 0.354. The molecule has 0 radical (unpaired) electrons. The molecule has 0 saturated heterocycles. The quantitative estimate of drug-likeness (QED) is 0.849. The summed E-state index contributed by atoms with van der Waals surface area (Å²) in [4.78, 5) is 5.72. The van der Waals surface area contributed by atoms with E-state index in [1.165, 1.54) is 4.88 Å². The topological polar surface area (TPSA) is 24.9 Å². The normalized spacial score (nSPS) is 12.6. The molecule has 0 aliphatic rings. The highest BCUT2D eigenvalue weighted by atomic mass is 79.9. The Labute approximate surface area is 122 Å². The first-order chi connectivity index (χ1) is 8.16. The van der Waals surface area contributed by atoms with Gasteiger partial charge in [-0.1, -0.05) is 6.07 Å². The molecule has 0 fully saturated rings. The SMILES string of the molecule is CC(NCc1ncc(Br)cc1Br)c1cccs1. The molecule has 0 aliphatic carbocycles. The third-order valence-corrected chi connectivity index (χ3v) is 4.60. The molecule has 0 saturated carbocycles.